The Bertz CT molecular complexity index is 994. The first-order chi connectivity index (χ1) is 16.1. The molecule has 2 heterocycles. The van der Waals surface area contributed by atoms with Crippen LogP contribution in [0.3, 0.4) is 0 Å². The second-order valence-corrected chi connectivity index (χ2v) is 11.0. The lowest BCUT2D eigenvalue weighted by Gasteiger charge is -2.35. The molecule has 3 rings (SSSR count). The second-order valence-electron chi connectivity index (χ2n) is 8.78. The summed E-state index contributed by atoms with van der Waals surface area (Å²) in [4.78, 5) is 27.7. The normalized spacial score (nSPS) is 18.7. The highest BCUT2D eigenvalue weighted by Crippen LogP contribution is 2.24. The molecule has 2 saturated heterocycles. The standard InChI is InChI=1S/C22H30F3N3O5S/c23-17-13-19(25)18(24)11-16(17)12-20(26)15-1-4-27(5-2-15)21(29)3-10-34(31,32)14-22(30)28-6-8-33-9-7-28/h11,13,15,20H,1-10,12,14,26H2/t20-/m1/s1. The van der Waals surface area contributed by atoms with Crippen LogP contribution < -0.4 is 5.73 Å². The van der Waals surface area contributed by atoms with Crippen molar-refractivity contribution in [1.29, 1.82) is 0 Å². The van der Waals surface area contributed by atoms with Crippen molar-refractivity contribution in [2.75, 3.05) is 50.9 Å². The molecule has 0 aromatic heterocycles. The summed E-state index contributed by atoms with van der Waals surface area (Å²) in [6, 6.07) is 0.817. The van der Waals surface area contributed by atoms with Crippen LogP contribution in [0.4, 0.5) is 13.2 Å². The van der Waals surface area contributed by atoms with E-state index >= 15 is 0 Å². The summed E-state index contributed by atoms with van der Waals surface area (Å²) in [6.45, 7) is 2.19. The van der Waals surface area contributed by atoms with Crippen molar-refractivity contribution in [1.82, 2.24) is 9.80 Å². The summed E-state index contributed by atoms with van der Waals surface area (Å²) in [6.07, 6.45) is 0.882. The Hall–Kier alpha value is -2.18. The SMILES string of the molecule is N[C@H](Cc1cc(F)c(F)cc1F)C1CCN(C(=O)CCS(=O)(=O)CC(=O)N2CCOCC2)CC1. The van der Waals surface area contributed by atoms with Gasteiger partial charge in [-0.1, -0.05) is 0 Å². The van der Waals surface area contributed by atoms with E-state index in [0.717, 1.165) is 6.07 Å². The average Bonchev–Trinajstić information content (AvgIpc) is 2.81. The fraction of sp³-hybridized carbons (Fsp3) is 0.636. The Morgan fingerprint density at radius 2 is 1.56 bits per heavy atom. The van der Waals surface area contributed by atoms with Gasteiger partial charge in [-0.15, -0.1) is 0 Å². The fourth-order valence-corrected chi connectivity index (χ4v) is 5.47. The van der Waals surface area contributed by atoms with Crippen molar-refractivity contribution >= 4 is 21.7 Å². The number of likely N-dealkylation sites (tertiary alicyclic amines) is 1. The van der Waals surface area contributed by atoms with Gasteiger partial charge in [0.15, 0.2) is 21.5 Å². The maximum absolute atomic E-state index is 13.9. The Morgan fingerprint density at radius 1 is 0.971 bits per heavy atom. The van der Waals surface area contributed by atoms with E-state index in [-0.39, 0.29) is 30.2 Å². The molecule has 2 amide bonds. The number of morpholine rings is 1. The fourth-order valence-electron chi connectivity index (χ4n) is 4.28. The molecule has 0 saturated carbocycles. The number of nitrogens with zero attached hydrogens (tertiary/aromatic N) is 2. The average molecular weight is 506 g/mol. The molecule has 0 radical (unpaired) electrons. The van der Waals surface area contributed by atoms with Crippen LogP contribution >= 0.6 is 0 Å². The number of hydrogen-bond acceptors (Lipinski definition) is 6. The number of rotatable bonds is 8. The highest BCUT2D eigenvalue weighted by Gasteiger charge is 2.29. The molecule has 0 bridgehead atoms. The number of sulfone groups is 1. The Kier molecular flexibility index (Phi) is 8.94. The van der Waals surface area contributed by atoms with E-state index in [4.69, 9.17) is 10.5 Å². The lowest BCUT2D eigenvalue weighted by Crippen LogP contribution is -2.45. The van der Waals surface area contributed by atoms with Crippen molar-refractivity contribution in [2.45, 2.75) is 31.7 Å². The number of halogens is 3. The Labute approximate surface area is 197 Å². The lowest BCUT2D eigenvalue weighted by atomic mass is 9.86. The minimum Gasteiger partial charge on any atom is -0.378 e. The van der Waals surface area contributed by atoms with Gasteiger partial charge in [0.25, 0.3) is 0 Å². The summed E-state index contributed by atoms with van der Waals surface area (Å²) in [7, 11) is -3.73. The highest BCUT2D eigenvalue weighted by atomic mass is 32.2. The van der Waals surface area contributed by atoms with Crippen molar-refractivity contribution in [3.8, 4) is 0 Å². The molecule has 0 unspecified atom stereocenters. The van der Waals surface area contributed by atoms with Gasteiger partial charge in [0.1, 0.15) is 11.6 Å². The molecule has 1 aromatic rings. The largest absolute Gasteiger partial charge is 0.378 e. The number of ether oxygens (including phenoxy) is 1. The van der Waals surface area contributed by atoms with Gasteiger partial charge in [-0.3, -0.25) is 9.59 Å². The molecule has 0 spiro atoms. The van der Waals surface area contributed by atoms with E-state index in [0.29, 0.717) is 58.3 Å². The number of amides is 2. The maximum Gasteiger partial charge on any atom is 0.237 e. The van der Waals surface area contributed by atoms with Gasteiger partial charge in [0, 0.05) is 44.7 Å². The van der Waals surface area contributed by atoms with E-state index in [2.05, 4.69) is 0 Å². The van der Waals surface area contributed by atoms with Gasteiger partial charge in [-0.25, -0.2) is 21.6 Å². The third-order valence-electron chi connectivity index (χ3n) is 6.38. The zero-order valence-corrected chi connectivity index (χ0v) is 19.7. The molecule has 190 valence electrons. The lowest BCUT2D eigenvalue weighted by molar-refractivity contribution is -0.133. The van der Waals surface area contributed by atoms with E-state index in [1.54, 1.807) is 4.90 Å². The number of piperidine rings is 1. The topological polar surface area (TPSA) is 110 Å². The zero-order chi connectivity index (χ0) is 24.9. The minimum atomic E-state index is -3.73. The minimum absolute atomic E-state index is 0.00161. The van der Waals surface area contributed by atoms with Gasteiger partial charge in [0.05, 0.1) is 19.0 Å². The molecular weight excluding hydrogens is 475 g/mol. The smallest absolute Gasteiger partial charge is 0.237 e. The first-order valence-corrected chi connectivity index (χ1v) is 13.1. The first-order valence-electron chi connectivity index (χ1n) is 11.3. The van der Waals surface area contributed by atoms with Crippen LogP contribution in [0.1, 0.15) is 24.8 Å². The van der Waals surface area contributed by atoms with Crippen molar-refractivity contribution in [2.24, 2.45) is 11.7 Å². The number of hydrogen-bond donors (Lipinski definition) is 1. The van der Waals surface area contributed by atoms with Crippen molar-refractivity contribution in [3.63, 3.8) is 0 Å². The van der Waals surface area contributed by atoms with Crippen LogP contribution in [0.15, 0.2) is 12.1 Å². The van der Waals surface area contributed by atoms with E-state index in [1.165, 1.54) is 4.90 Å². The predicted octanol–water partition coefficient (Wildman–Crippen LogP) is 0.876. The van der Waals surface area contributed by atoms with Gasteiger partial charge >= 0.3 is 0 Å². The van der Waals surface area contributed by atoms with Crippen LogP contribution in [0.2, 0.25) is 0 Å². The Balaban J connectivity index is 1.43. The zero-order valence-electron chi connectivity index (χ0n) is 18.8. The van der Waals surface area contributed by atoms with Crippen LogP contribution in [-0.2, 0) is 30.6 Å². The van der Waals surface area contributed by atoms with Gasteiger partial charge in [-0.2, -0.15) is 0 Å². The highest BCUT2D eigenvalue weighted by molar-refractivity contribution is 7.92. The summed E-state index contributed by atoms with van der Waals surface area (Å²) in [5, 5.41) is 0. The Morgan fingerprint density at radius 3 is 2.21 bits per heavy atom. The molecule has 2 fully saturated rings. The number of nitrogens with two attached hydrogens (primary N) is 1. The molecule has 12 heteroatoms. The van der Waals surface area contributed by atoms with Gasteiger partial charge in [0.2, 0.25) is 11.8 Å². The van der Waals surface area contributed by atoms with E-state index < -0.39 is 50.7 Å². The molecule has 1 atom stereocenters. The maximum atomic E-state index is 13.9. The van der Waals surface area contributed by atoms with Crippen LogP contribution in [-0.4, -0.2) is 87.0 Å². The van der Waals surface area contributed by atoms with Crippen LogP contribution in [0, 0.1) is 23.4 Å². The second kappa shape index (κ2) is 11.5. The third kappa shape index (κ3) is 7.16. The molecule has 2 aliphatic heterocycles. The van der Waals surface area contributed by atoms with Crippen molar-refractivity contribution in [3.05, 3.63) is 35.1 Å². The van der Waals surface area contributed by atoms with Gasteiger partial charge < -0.3 is 20.3 Å². The summed E-state index contributed by atoms with van der Waals surface area (Å²) in [5.41, 5.74) is 6.17. The first kappa shape index (κ1) is 26.4. The molecule has 34 heavy (non-hydrogen) atoms. The molecule has 2 N–H and O–H groups in total. The molecule has 0 aliphatic carbocycles. The number of carbonyl (C=O) groups is 2. The third-order valence-corrected chi connectivity index (χ3v) is 7.89. The predicted molar refractivity (Wildman–Crippen MR) is 118 cm³/mol. The molecule has 8 nitrogen and oxygen atoms in total. The summed E-state index contributed by atoms with van der Waals surface area (Å²) in [5.74, 6) is -5.13. The number of benzene rings is 1. The van der Waals surface area contributed by atoms with Crippen LogP contribution in [0.25, 0.3) is 0 Å². The quantitative estimate of drug-likeness (QED) is 0.526. The van der Waals surface area contributed by atoms with E-state index in [9.17, 15) is 31.2 Å². The summed E-state index contributed by atoms with van der Waals surface area (Å²) < 4.78 is 70.2. The number of carbonyl (C=O) groups excluding carboxylic acids is 2. The van der Waals surface area contributed by atoms with Gasteiger partial charge in [-0.05, 0) is 36.8 Å². The van der Waals surface area contributed by atoms with Crippen molar-refractivity contribution < 1.29 is 35.9 Å². The molecule has 2 aliphatic rings. The molecule has 1 aromatic carbocycles. The van der Waals surface area contributed by atoms with Crippen LogP contribution in [0.5, 0.6) is 0 Å². The molecular formula is C22H30F3N3O5S. The monoisotopic (exact) mass is 505 g/mol. The van der Waals surface area contributed by atoms with E-state index in [1.807, 2.05) is 0 Å². The summed E-state index contributed by atoms with van der Waals surface area (Å²) >= 11 is 0.